The molecule has 0 bridgehead atoms. The van der Waals surface area contributed by atoms with E-state index in [1.807, 2.05) is 0 Å². The van der Waals surface area contributed by atoms with Crippen molar-refractivity contribution in [2.24, 2.45) is 0 Å². The zero-order chi connectivity index (χ0) is 9.36. The molecular weight excluding hydrogens is 166 g/mol. The summed E-state index contributed by atoms with van der Waals surface area (Å²) >= 11 is 0. The van der Waals surface area contributed by atoms with Crippen molar-refractivity contribution in [1.82, 2.24) is 15.3 Å². The van der Waals surface area contributed by atoms with Crippen molar-refractivity contribution in [3.8, 4) is 0 Å². The summed E-state index contributed by atoms with van der Waals surface area (Å²) < 4.78 is 4.90. The van der Waals surface area contributed by atoms with E-state index in [1.54, 1.807) is 25.7 Å². The van der Waals surface area contributed by atoms with E-state index in [4.69, 9.17) is 4.74 Å². The summed E-state index contributed by atoms with van der Waals surface area (Å²) in [5, 5.41) is 3.24. The van der Waals surface area contributed by atoms with Crippen LogP contribution in [0.15, 0.2) is 18.6 Å². The van der Waals surface area contributed by atoms with Crippen LogP contribution in [0.2, 0.25) is 0 Å². The lowest BCUT2D eigenvalue weighted by Gasteiger charge is -2.02. The van der Waals surface area contributed by atoms with E-state index in [9.17, 15) is 0 Å². The molecular formula is C9H15N3O. The fourth-order valence-electron chi connectivity index (χ4n) is 0.975. The van der Waals surface area contributed by atoms with E-state index in [-0.39, 0.29) is 0 Å². The molecule has 0 amide bonds. The normalized spacial score (nSPS) is 10.2. The van der Waals surface area contributed by atoms with Crippen LogP contribution in [0.1, 0.15) is 5.69 Å². The van der Waals surface area contributed by atoms with E-state index < -0.39 is 0 Å². The van der Waals surface area contributed by atoms with Gasteiger partial charge in [0.15, 0.2) is 0 Å². The van der Waals surface area contributed by atoms with Gasteiger partial charge < -0.3 is 10.1 Å². The zero-order valence-electron chi connectivity index (χ0n) is 7.86. The molecule has 4 heteroatoms. The number of aromatic nitrogens is 2. The van der Waals surface area contributed by atoms with Crippen LogP contribution in [0, 0.1) is 0 Å². The van der Waals surface area contributed by atoms with Crippen molar-refractivity contribution >= 4 is 0 Å². The molecule has 1 N–H and O–H groups in total. The SMILES string of the molecule is COCCNCCc1cnccn1. The van der Waals surface area contributed by atoms with Gasteiger partial charge >= 0.3 is 0 Å². The Bertz CT molecular complexity index is 215. The summed E-state index contributed by atoms with van der Waals surface area (Å²) in [6.45, 7) is 2.55. The Balaban J connectivity index is 2.07. The third kappa shape index (κ3) is 4.55. The lowest BCUT2D eigenvalue weighted by atomic mass is 10.3. The van der Waals surface area contributed by atoms with Gasteiger partial charge in [-0.25, -0.2) is 0 Å². The molecule has 0 saturated heterocycles. The first kappa shape index (κ1) is 10.1. The van der Waals surface area contributed by atoms with Crippen LogP contribution in [-0.4, -0.2) is 36.8 Å². The van der Waals surface area contributed by atoms with Gasteiger partial charge in [0.2, 0.25) is 0 Å². The molecule has 1 rings (SSSR count). The number of hydrogen-bond donors (Lipinski definition) is 1. The molecule has 0 atom stereocenters. The topological polar surface area (TPSA) is 47.0 Å². The number of rotatable bonds is 6. The van der Waals surface area contributed by atoms with Gasteiger partial charge in [-0.05, 0) is 0 Å². The first-order chi connectivity index (χ1) is 6.43. The highest BCUT2D eigenvalue weighted by Gasteiger charge is 1.92. The van der Waals surface area contributed by atoms with E-state index in [2.05, 4.69) is 15.3 Å². The molecule has 1 aromatic heterocycles. The second-order valence-corrected chi connectivity index (χ2v) is 2.69. The van der Waals surface area contributed by atoms with Crippen molar-refractivity contribution in [2.45, 2.75) is 6.42 Å². The minimum absolute atomic E-state index is 0.750. The minimum Gasteiger partial charge on any atom is -0.383 e. The standard InChI is InChI=1S/C9H15N3O/c1-13-7-6-10-3-2-9-8-11-4-5-12-9/h4-5,8,10H,2-3,6-7H2,1H3. The van der Waals surface area contributed by atoms with Crippen LogP contribution in [-0.2, 0) is 11.2 Å². The van der Waals surface area contributed by atoms with Gasteiger partial charge in [0.1, 0.15) is 0 Å². The molecule has 1 heterocycles. The summed E-state index contributed by atoms with van der Waals surface area (Å²) in [5.41, 5.74) is 1.02. The molecule has 72 valence electrons. The summed E-state index contributed by atoms with van der Waals surface area (Å²) in [6.07, 6.45) is 6.10. The predicted molar refractivity (Wildman–Crippen MR) is 50.5 cm³/mol. The average Bonchev–Trinajstić information content (AvgIpc) is 2.19. The average molecular weight is 181 g/mol. The summed E-state index contributed by atoms with van der Waals surface area (Å²) in [4.78, 5) is 8.15. The smallest absolute Gasteiger partial charge is 0.0599 e. The lowest BCUT2D eigenvalue weighted by molar-refractivity contribution is 0.199. The molecule has 0 aromatic carbocycles. The maximum Gasteiger partial charge on any atom is 0.0599 e. The van der Waals surface area contributed by atoms with Crippen LogP contribution in [0.3, 0.4) is 0 Å². The van der Waals surface area contributed by atoms with Crippen molar-refractivity contribution < 1.29 is 4.74 Å². The molecule has 0 radical (unpaired) electrons. The number of nitrogens with zero attached hydrogens (tertiary/aromatic N) is 2. The van der Waals surface area contributed by atoms with Gasteiger partial charge in [0.25, 0.3) is 0 Å². The fraction of sp³-hybridized carbons (Fsp3) is 0.556. The van der Waals surface area contributed by atoms with Crippen LogP contribution in [0.5, 0.6) is 0 Å². The Morgan fingerprint density at radius 3 is 3.00 bits per heavy atom. The van der Waals surface area contributed by atoms with Gasteiger partial charge in [0, 0.05) is 45.2 Å². The summed E-state index contributed by atoms with van der Waals surface area (Å²) in [7, 11) is 1.70. The Labute approximate surface area is 78.4 Å². The van der Waals surface area contributed by atoms with Gasteiger partial charge in [-0.3, -0.25) is 9.97 Å². The monoisotopic (exact) mass is 181 g/mol. The second kappa shape index (κ2) is 6.51. The third-order valence-corrected chi connectivity index (χ3v) is 1.66. The van der Waals surface area contributed by atoms with E-state index in [0.717, 1.165) is 31.8 Å². The largest absolute Gasteiger partial charge is 0.383 e. The molecule has 13 heavy (non-hydrogen) atoms. The highest BCUT2D eigenvalue weighted by Crippen LogP contribution is 1.89. The minimum atomic E-state index is 0.750. The quantitative estimate of drug-likeness (QED) is 0.639. The Hall–Kier alpha value is -1.00. The Kier molecular flexibility index (Phi) is 5.05. The predicted octanol–water partition coefficient (Wildman–Crippen LogP) is 0.255. The Morgan fingerprint density at radius 2 is 2.31 bits per heavy atom. The molecule has 1 aromatic rings. The molecule has 0 saturated carbocycles. The van der Waals surface area contributed by atoms with Crippen LogP contribution in [0.25, 0.3) is 0 Å². The van der Waals surface area contributed by atoms with E-state index in [1.165, 1.54) is 0 Å². The first-order valence-electron chi connectivity index (χ1n) is 4.38. The fourth-order valence-corrected chi connectivity index (χ4v) is 0.975. The lowest BCUT2D eigenvalue weighted by Crippen LogP contribution is -2.21. The van der Waals surface area contributed by atoms with Crippen molar-refractivity contribution in [1.29, 1.82) is 0 Å². The third-order valence-electron chi connectivity index (χ3n) is 1.66. The molecule has 0 unspecified atom stereocenters. The van der Waals surface area contributed by atoms with Gasteiger partial charge in [-0.15, -0.1) is 0 Å². The van der Waals surface area contributed by atoms with Crippen LogP contribution < -0.4 is 5.32 Å². The van der Waals surface area contributed by atoms with Crippen LogP contribution in [0.4, 0.5) is 0 Å². The highest BCUT2D eigenvalue weighted by molar-refractivity contribution is 4.94. The zero-order valence-corrected chi connectivity index (χ0v) is 7.86. The number of hydrogen-bond acceptors (Lipinski definition) is 4. The number of methoxy groups -OCH3 is 1. The Morgan fingerprint density at radius 1 is 1.38 bits per heavy atom. The maximum absolute atomic E-state index is 4.90. The van der Waals surface area contributed by atoms with Gasteiger partial charge in [-0.1, -0.05) is 0 Å². The van der Waals surface area contributed by atoms with Gasteiger partial charge in [0.05, 0.1) is 12.3 Å². The molecule has 0 spiro atoms. The molecule has 0 aliphatic heterocycles. The van der Waals surface area contributed by atoms with Crippen molar-refractivity contribution in [3.63, 3.8) is 0 Å². The summed E-state index contributed by atoms with van der Waals surface area (Å²) in [6, 6.07) is 0. The number of nitrogens with one attached hydrogen (secondary N) is 1. The molecule has 4 nitrogen and oxygen atoms in total. The van der Waals surface area contributed by atoms with E-state index in [0.29, 0.717) is 0 Å². The molecule has 0 aliphatic carbocycles. The van der Waals surface area contributed by atoms with E-state index >= 15 is 0 Å². The highest BCUT2D eigenvalue weighted by atomic mass is 16.5. The van der Waals surface area contributed by atoms with Crippen molar-refractivity contribution in [3.05, 3.63) is 24.3 Å². The molecule has 0 aliphatic rings. The second-order valence-electron chi connectivity index (χ2n) is 2.69. The van der Waals surface area contributed by atoms with Crippen LogP contribution >= 0.6 is 0 Å². The number of ether oxygens (including phenoxy) is 1. The first-order valence-corrected chi connectivity index (χ1v) is 4.38. The molecule has 0 fully saturated rings. The summed E-state index contributed by atoms with van der Waals surface area (Å²) in [5.74, 6) is 0. The maximum atomic E-state index is 4.90. The van der Waals surface area contributed by atoms with Gasteiger partial charge in [-0.2, -0.15) is 0 Å². The van der Waals surface area contributed by atoms with Crippen molar-refractivity contribution in [2.75, 3.05) is 26.8 Å².